The average Bonchev–Trinajstić information content (AvgIpc) is 3.05. The van der Waals surface area contributed by atoms with Gasteiger partial charge in [0.15, 0.2) is 0 Å². The van der Waals surface area contributed by atoms with Crippen molar-refractivity contribution in [2.45, 2.75) is 32.0 Å². The molecule has 0 radical (unpaired) electrons. The smallest absolute Gasteiger partial charge is 0.238 e. The van der Waals surface area contributed by atoms with Crippen molar-refractivity contribution in [2.75, 3.05) is 0 Å². The minimum atomic E-state index is -0.214. The van der Waals surface area contributed by atoms with Gasteiger partial charge in [0.25, 0.3) is 0 Å². The van der Waals surface area contributed by atoms with Crippen molar-refractivity contribution in [3.8, 4) is 0 Å². The summed E-state index contributed by atoms with van der Waals surface area (Å²) in [6.45, 7) is 2.61. The lowest BCUT2D eigenvalue weighted by molar-refractivity contribution is -0.123. The molecular weight excluding hydrogens is 354 g/mol. The number of carbonyl (C=O) groups is 1. The van der Waals surface area contributed by atoms with Crippen molar-refractivity contribution < 1.29 is 4.79 Å². The van der Waals surface area contributed by atoms with Gasteiger partial charge in [0.2, 0.25) is 5.91 Å². The molecule has 5 heteroatoms. The van der Waals surface area contributed by atoms with Crippen LogP contribution in [-0.4, -0.2) is 11.9 Å². The van der Waals surface area contributed by atoms with Crippen LogP contribution in [-0.2, 0) is 11.3 Å². The van der Waals surface area contributed by atoms with Gasteiger partial charge in [-0.1, -0.05) is 57.9 Å². The third kappa shape index (κ3) is 4.19. The van der Waals surface area contributed by atoms with Crippen LogP contribution < -0.4 is 16.2 Å². The van der Waals surface area contributed by atoms with E-state index in [0.717, 1.165) is 16.5 Å². The lowest BCUT2D eigenvalue weighted by Gasteiger charge is -2.11. The number of benzene rings is 2. The van der Waals surface area contributed by atoms with E-state index < -0.39 is 0 Å². The second kappa shape index (κ2) is 7.25. The minimum Gasteiger partial charge on any atom is -0.351 e. The predicted molar refractivity (Wildman–Crippen MR) is 94.6 cm³/mol. The van der Waals surface area contributed by atoms with Crippen LogP contribution in [0.25, 0.3) is 0 Å². The highest BCUT2D eigenvalue weighted by atomic mass is 79.9. The Morgan fingerprint density at radius 2 is 1.83 bits per heavy atom. The molecule has 3 rings (SSSR count). The first kappa shape index (κ1) is 16.2. The summed E-state index contributed by atoms with van der Waals surface area (Å²) >= 11 is 3.44. The number of carbonyl (C=O) groups excluding carboxylic acids is 1. The largest absolute Gasteiger partial charge is 0.351 e. The SMILES string of the molecule is Cc1ccc(CNC(=O)C2CC(c3ccc(Br)cc3)NN2)cc1. The molecule has 0 aromatic heterocycles. The fourth-order valence-corrected chi connectivity index (χ4v) is 2.92. The van der Waals surface area contributed by atoms with Crippen LogP contribution in [0.2, 0.25) is 0 Å². The van der Waals surface area contributed by atoms with Gasteiger partial charge < -0.3 is 5.32 Å². The highest BCUT2D eigenvalue weighted by molar-refractivity contribution is 9.10. The first-order valence-corrected chi connectivity index (χ1v) is 8.51. The molecule has 1 fully saturated rings. The van der Waals surface area contributed by atoms with Gasteiger partial charge in [-0.2, -0.15) is 0 Å². The van der Waals surface area contributed by atoms with Gasteiger partial charge >= 0.3 is 0 Å². The molecule has 0 bridgehead atoms. The van der Waals surface area contributed by atoms with E-state index in [1.54, 1.807) is 0 Å². The lowest BCUT2D eigenvalue weighted by atomic mass is 10.0. The number of hydrogen-bond donors (Lipinski definition) is 3. The van der Waals surface area contributed by atoms with E-state index in [0.29, 0.717) is 6.54 Å². The summed E-state index contributed by atoms with van der Waals surface area (Å²) < 4.78 is 1.06. The van der Waals surface area contributed by atoms with Crippen LogP contribution in [0.4, 0.5) is 0 Å². The van der Waals surface area contributed by atoms with Crippen LogP contribution >= 0.6 is 15.9 Å². The summed E-state index contributed by atoms with van der Waals surface area (Å²) in [6, 6.07) is 16.3. The lowest BCUT2D eigenvalue weighted by Crippen LogP contribution is -2.42. The second-order valence-corrected chi connectivity index (χ2v) is 6.80. The summed E-state index contributed by atoms with van der Waals surface area (Å²) in [6.07, 6.45) is 0.737. The summed E-state index contributed by atoms with van der Waals surface area (Å²) in [4.78, 5) is 12.3. The van der Waals surface area contributed by atoms with Crippen LogP contribution in [0.1, 0.15) is 29.2 Å². The zero-order chi connectivity index (χ0) is 16.2. The molecule has 1 aliphatic heterocycles. The van der Waals surface area contributed by atoms with E-state index >= 15 is 0 Å². The van der Waals surface area contributed by atoms with E-state index in [1.165, 1.54) is 11.1 Å². The fraction of sp³-hybridized carbons (Fsp3) is 0.278. The van der Waals surface area contributed by atoms with Crippen LogP contribution in [0.3, 0.4) is 0 Å². The van der Waals surface area contributed by atoms with Gasteiger partial charge in [-0.15, -0.1) is 0 Å². The predicted octanol–water partition coefficient (Wildman–Crippen LogP) is 2.98. The van der Waals surface area contributed by atoms with Gasteiger partial charge in [0.1, 0.15) is 6.04 Å². The normalized spacial score (nSPS) is 20.4. The molecular formula is C18H20BrN3O. The summed E-state index contributed by atoms with van der Waals surface area (Å²) in [5.41, 5.74) is 9.80. The van der Waals surface area contributed by atoms with Gasteiger partial charge in [-0.05, 0) is 36.6 Å². The summed E-state index contributed by atoms with van der Waals surface area (Å²) in [7, 11) is 0. The van der Waals surface area contributed by atoms with E-state index in [4.69, 9.17) is 0 Å². The van der Waals surface area contributed by atoms with E-state index in [2.05, 4.69) is 63.3 Å². The number of rotatable bonds is 4. The molecule has 1 amide bonds. The van der Waals surface area contributed by atoms with Crippen LogP contribution in [0.5, 0.6) is 0 Å². The maximum Gasteiger partial charge on any atom is 0.238 e. The number of amides is 1. The van der Waals surface area contributed by atoms with Crippen molar-refractivity contribution in [3.63, 3.8) is 0 Å². The Bertz CT molecular complexity index is 670. The molecule has 0 aliphatic carbocycles. The fourth-order valence-electron chi connectivity index (χ4n) is 2.66. The molecule has 2 unspecified atom stereocenters. The topological polar surface area (TPSA) is 53.2 Å². The van der Waals surface area contributed by atoms with Gasteiger partial charge in [0, 0.05) is 17.1 Å². The van der Waals surface area contributed by atoms with E-state index in [1.807, 2.05) is 24.3 Å². The van der Waals surface area contributed by atoms with E-state index in [9.17, 15) is 4.79 Å². The Hall–Kier alpha value is -1.69. The van der Waals surface area contributed by atoms with Crippen molar-refractivity contribution in [1.82, 2.24) is 16.2 Å². The molecule has 1 aliphatic rings. The molecule has 1 saturated heterocycles. The Balaban J connectivity index is 1.53. The molecule has 3 N–H and O–H groups in total. The monoisotopic (exact) mass is 373 g/mol. The molecule has 0 saturated carbocycles. The molecule has 2 aromatic carbocycles. The quantitative estimate of drug-likeness (QED) is 0.771. The Morgan fingerprint density at radius 3 is 2.52 bits per heavy atom. The molecule has 2 atom stereocenters. The van der Waals surface area contributed by atoms with Gasteiger partial charge in [0.05, 0.1) is 0 Å². The highest BCUT2D eigenvalue weighted by Gasteiger charge is 2.29. The van der Waals surface area contributed by atoms with Crippen molar-refractivity contribution >= 4 is 21.8 Å². The second-order valence-electron chi connectivity index (χ2n) is 5.88. The number of halogens is 1. The molecule has 4 nitrogen and oxygen atoms in total. The number of nitrogens with one attached hydrogen (secondary N) is 3. The molecule has 1 heterocycles. The van der Waals surface area contributed by atoms with Crippen molar-refractivity contribution in [2.24, 2.45) is 0 Å². The van der Waals surface area contributed by atoms with Crippen molar-refractivity contribution in [1.29, 1.82) is 0 Å². The number of aryl methyl sites for hydroxylation is 1. The summed E-state index contributed by atoms with van der Waals surface area (Å²) in [5.74, 6) is 0.0256. The van der Waals surface area contributed by atoms with Crippen LogP contribution in [0.15, 0.2) is 53.0 Å². The minimum absolute atomic E-state index is 0.0256. The summed E-state index contributed by atoms with van der Waals surface area (Å²) in [5, 5.41) is 2.99. The number of hydrazine groups is 1. The van der Waals surface area contributed by atoms with Gasteiger partial charge in [-0.25, -0.2) is 10.9 Å². The maximum absolute atomic E-state index is 12.3. The van der Waals surface area contributed by atoms with Gasteiger partial charge in [-0.3, -0.25) is 4.79 Å². The average molecular weight is 374 g/mol. The third-order valence-corrected chi connectivity index (χ3v) is 4.61. The Labute approximate surface area is 144 Å². The maximum atomic E-state index is 12.3. The Kier molecular flexibility index (Phi) is 5.10. The molecule has 0 spiro atoms. The zero-order valence-corrected chi connectivity index (χ0v) is 14.6. The number of hydrogen-bond acceptors (Lipinski definition) is 3. The molecule has 120 valence electrons. The van der Waals surface area contributed by atoms with E-state index in [-0.39, 0.29) is 18.0 Å². The first-order valence-electron chi connectivity index (χ1n) is 7.71. The zero-order valence-electron chi connectivity index (χ0n) is 13.0. The standard InChI is InChI=1S/C18H20BrN3O/c1-12-2-4-13(5-3-12)11-20-18(23)17-10-16(21-22-17)14-6-8-15(19)9-7-14/h2-9,16-17,21-22H,10-11H2,1H3,(H,20,23). The first-order chi connectivity index (χ1) is 11.1. The molecule has 2 aromatic rings. The molecule has 23 heavy (non-hydrogen) atoms. The van der Waals surface area contributed by atoms with Crippen molar-refractivity contribution in [3.05, 3.63) is 69.7 Å². The van der Waals surface area contributed by atoms with Crippen LogP contribution in [0, 0.1) is 6.92 Å². The third-order valence-electron chi connectivity index (χ3n) is 4.08. The Morgan fingerprint density at radius 1 is 1.13 bits per heavy atom. The highest BCUT2D eigenvalue weighted by Crippen LogP contribution is 2.23.